The maximum atomic E-state index is 12.9. The molecule has 0 saturated carbocycles. The number of carbonyl (C=O) groups excluding carboxylic acids is 1. The Bertz CT molecular complexity index is 957. The predicted molar refractivity (Wildman–Crippen MR) is 107 cm³/mol. The van der Waals surface area contributed by atoms with E-state index in [4.69, 9.17) is 0 Å². The van der Waals surface area contributed by atoms with Gasteiger partial charge in [-0.1, -0.05) is 36.0 Å². The number of halogens is 1. The summed E-state index contributed by atoms with van der Waals surface area (Å²) >= 11 is 1.31. The van der Waals surface area contributed by atoms with E-state index in [-0.39, 0.29) is 17.0 Å². The van der Waals surface area contributed by atoms with Gasteiger partial charge < -0.3 is 5.32 Å². The molecule has 0 bridgehead atoms. The number of rotatable bonds is 7. The van der Waals surface area contributed by atoms with Crippen LogP contribution in [0.3, 0.4) is 0 Å². The molecule has 1 heterocycles. The highest BCUT2D eigenvalue weighted by Crippen LogP contribution is 2.25. The summed E-state index contributed by atoms with van der Waals surface area (Å²) in [5.41, 5.74) is 4.03. The molecule has 1 amide bonds. The molecule has 3 aromatic rings. The molecule has 3 rings (SSSR count). The largest absolute Gasteiger partial charge is 0.355 e. The van der Waals surface area contributed by atoms with Gasteiger partial charge in [-0.15, -0.1) is 5.10 Å². The van der Waals surface area contributed by atoms with Crippen molar-refractivity contribution in [2.45, 2.75) is 37.6 Å². The molecule has 1 aromatic heterocycles. The minimum Gasteiger partial charge on any atom is -0.355 e. The summed E-state index contributed by atoms with van der Waals surface area (Å²) in [6.07, 6.45) is 0.642. The molecule has 6 nitrogen and oxygen atoms in total. The van der Waals surface area contributed by atoms with Gasteiger partial charge in [-0.25, -0.2) is 4.39 Å². The lowest BCUT2D eigenvalue weighted by molar-refractivity contribution is -0.120. The van der Waals surface area contributed by atoms with E-state index in [9.17, 15) is 9.18 Å². The number of amides is 1. The summed E-state index contributed by atoms with van der Waals surface area (Å²) in [4.78, 5) is 12.4. The molecule has 0 aliphatic carbocycles. The van der Waals surface area contributed by atoms with Gasteiger partial charge in [-0.2, -0.15) is 4.68 Å². The molecule has 2 aromatic carbocycles. The fraction of sp³-hybridized carbons (Fsp3) is 0.300. The van der Waals surface area contributed by atoms with Crippen molar-refractivity contribution in [1.29, 1.82) is 0 Å². The van der Waals surface area contributed by atoms with Gasteiger partial charge in [0.05, 0.1) is 10.9 Å². The second-order valence-corrected chi connectivity index (χ2v) is 7.90. The van der Waals surface area contributed by atoms with Crippen molar-refractivity contribution in [3.05, 3.63) is 65.0 Å². The second kappa shape index (κ2) is 8.97. The quantitative estimate of drug-likeness (QED) is 0.618. The fourth-order valence-corrected chi connectivity index (χ4v) is 3.51. The third-order valence-electron chi connectivity index (χ3n) is 4.31. The smallest absolute Gasteiger partial charge is 0.233 e. The number of nitrogens with zero attached hydrogens (tertiary/aromatic N) is 4. The summed E-state index contributed by atoms with van der Waals surface area (Å²) in [5.74, 6) is -0.359. The van der Waals surface area contributed by atoms with Crippen LogP contribution in [0.2, 0.25) is 0 Å². The SMILES string of the molecule is Cc1ccc(C)c(-n2nnnc2S[C@@H](C)C(=O)NCCc2ccc(F)cc2)c1. The van der Waals surface area contributed by atoms with E-state index in [1.807, 2.05) is 39.0 Å². The standard InChI is InChI=1S/C20H22FN5OS/c1-13-4-5-14(2)18(12-13)26-20(23-24-25-26)28-15(3)19(27)22-11-10-16-6-8-17(21)9-7-16/h4-9,12,15H,10-11H2,1-3H3,(H,22,27)/t15-/m0/s1. The molecule has 0 unspecified atom stereocenters. The fourth-order valence-electron chi connectivity index (χ4n) is 2.69. The van der Waals surface area contributed by atoms with Crippen LogP contribution < -0.4 is 5.32 Å². The van der Waals surface area contributed by atoms with Gasteiger partial charge in [0, 0.05) is 6.54 Å². The van der Waals surface area contributed by atoms with Gasteiger partial charge in [0.15, 0.2) is 0 Å². The molecule has 146 valence electrons. The van der Waals surface area contributed by atoms with Crippen LogP contribution in [0.1, 0.15) is 23.6 Å². The first-order valence-corrected chi connectivity index (χ1v) is 9.87. The van der Waals surface area contributed by atoms with Crippen LogP contribution in [0.25, 0.3) is 5.69 Å². The zero-order valence-corrected chi connectivity index (χ0v) is 16.8. The first-order chi connectivity index (χ1) is 13.4. The minimum absolute atomic E-state index is 0.0948. The van der Waals surface area contributed by atoms with E-state index in [0.29, 0.717) is 18.1 Å². The number of tetrazole rings is 1. The first kappa shape index (κ1) is 20.0. The molecular formula is C20H22FN5OS. The Morgan fingerprint density at radius 3 is 2.71 bits per heavy atom. The molecule has 1 atom stereocenters. The molecule has 1 N–H and O–H groups in total. The van der Waals surface area contributed by atoms with E-state index in [1.54, 1.807) is 16.8 Å². The number of hydrogen-bond donors (Lipinski definition) is 1. The summed E-state index contributed by atoms with van der Waals surface area (Å²) in [7, 11) is 0. The summed E-state index contributed by atoms with van der Waals surface area (Å²) in [5, 5.41) is 15.0. The number of aromatic nitrogens is 4. The monoisotopic (exact) mass is 399 g/mol. The number of hydrogen-bond acceptors (Lipinski definition) is 5. The molecule has 0 spiro atoms. The average molecular weight is 399 g/mol. The molecule has 0 fully saturated rings. The van der Waals surface area contributed by atoms with Gasteiger partial charge >= 0.3 is 0 Å². The van der Waals surface area contributed by atoms with Crippen LogP contribution in [-0.4, -0.2) is 37.9 Å². The molecule has 8 heteroatoms. The number of nitrogens with one attached hydrogen (secondary N) is 1. The lowest BCUT2D eigenvalue weighted by Gasteiger charge is -2.13. The van der Waals surface area contributed by atoms with Crippen molar-refractivity contribution in [2.75, 3.05) is 6.54 Å². The number of carbonyl (C=O) groups is 1. The molecule has 0 saturated heterocycles. The normalized spacial score (nSPS) is 12.0. The first-order valence-electron chi connectivity index (χ1n) is 8.99. The van der Waals surface area contributed by atoms with Crippen LogP contribution in [0.4, 0.5) is 4.39 Å². The van der Waals surface area contributed by atoms with Gasteiger partial charge in [0.1, 0.15) is 5.82 Å². The average Bonchev–Trinajstić information content (AvgIpc) is 3.13. The Kier molecular flexibility index (Phi) is 6.41. The van der Waals surface area contributed by atoms with E-state index in [0.717, 1.165) is 22.4 Å². The number of benzene rings is 2. The summed E-state index contributed by atoms with van der Waals surface area (Å²) < 4.78 is 14.6. The Hall–Kier alpha value is -2.74. The van der Waals surface area contributed by atoms with E-state index >= 15 is 0 Å². The van der Waals surface area contributed by atoms with E-state index in [1.165, 1.54) is 23.9 Å². The maximum Gasteiger partial charge on any atom is 0.233 e. The Morgan fingerprint density at radius 2 is 1.96 bits per heavy atom. The highest BCUT2D eigenvalue weighted by atomic mass is 32.2. The maximum absolute atomic E-state index is 12.9. The lowest BCUT2D eigenvalue weighted by atomic mass is 10.1. The van der Waals surface area contributed by atoms with Crippen LogP contribution >= 0.6 is 11.8 Å². The van der Waals surface area contributed by atoms with Gasteiger partial charge in [0.25, 0.3) is 0 Å². The summed E-state index contributed by atoms with van der Waals surface area (Å²) in [6.45, 7) is 6.31. The highest BCUT2D eigenvalue weighted by molar-refractivity contribution is 8.00. The van der Waals surface area contributed by atoms with Crippen molar-refractivity contribution >= 4 is 17.7 Å². The molecule has 0 aliphatic rings. The zero-order chi connectivity index (χ0) is 20.1. The number of thioether (sulfide) groups is 1. The van der Waals surface area contributed by atoms with E-state index < -0.39 is 0 Å². The van der Waals surface area contributed by atoms with Crippen molar-refractivity contribution in [3.8, 4) is 5.69 Å². The number of aryl methyl sites for hydroxylation is 2. The second-order valence-electron chi connectivity index (χ2n) is 6.59. The van der Waals surface area contributed by atoms with E-state index in [2.05, 4.69) is 20.8 Å². The zero-order valence-electron chi connectivity index (χ0n) is 16.0. The molecule has 28 heavy (non-hydrogen) atoms. The molecule has 0 aliphatic heterocycles. The third-order valence-corrected chi connectivity index (χ3v) is 5.34. The van der Waals surface area contributed by atoms with Crippen LogP contribution in [-0.2, 0) is 11.2 Å². The summed E-state index contributed by atoms with van der Waals surface area (Å²) in [6, 6.07) is 12.4. The van der Waals surface area contributed by atoms with Crippen LogP contribution in [0.5, 0.6) is 0 Å². The third kappa shape index (κ3) is 4.95. The molecule has 0 radical (unpaired) electrons. The Balaban J connectivity index is 1.59. The van der Waals surface area contributed by atoms with Crippen LogP contribution in [0.15, 0.2) is 47.6 Å². The highest BCUT2D eigenvalue weighted by Gasteiger charge is 2.19. The van der Waals surface area contributed by atoms with Crippen molar-refractivity contribution in [2.24, 2.45) is 0 Å². The van der Waals surface area contributed by atoms with Crippen molar-refractivity contribution in [3.63, 3.8) is 0 Å². The minimum atomic E-state index is -0.358. The van der Waals surface area contributed by atoms with Crippen molar-refractivity contribution < 1.29 is 9.18 Å². The Morgan fingerprint density at radius 1 is 1.21 bits per heavy atom. The van der Waals surface area contributed by atoms with Gasteiger partial charge in [-0.3, -0.25) is 4.79 Å². The molecular weight excluding hydrogens is 377 g/mol. The van der Waals surface area contributed by atoms with Gasteiger partial charge in [-0.05, 0) is 72.5 Å². The predicted octanol–water partition coefficient (Wildman–Crippen LogP) is 3.26. The lowest BCUT2D eigenvalue weighted by Crippen LogP contribution is -2.32. The van der Waals surface area contributed by atoms with Crippen molar-refractivity contribution in [1.82, 2.24) is 25.5 Å². The Labute approximate surface area is 167 Å². The van der Waals surface area contributed by atoms with Gasteiger partial charge in [0.2, 0.25) is 11.1 Å². The topological polar surface area (TPSA) is 72.7 Å². The van der Waals surface area contributed by atoms with Crippen LogP contribution in [0, 0.1) is 19.7 Å².